The third-order valence-electron chi connectivity index (χ3n) is 5.42. The van der Waals surface area contributed by atoms with Gasteiger partial charge < -0.3 is 4.74 Å². The second kappa shape index (κ2) is 10.1. The number of methoxy groups -OCH3 is 1. The summed E-state index contributed by atoms with van der Waals surface area (Å²) >= 11 is 1.30. The van der Waals surface area contributed by atoms with Crippen LogP contribution in [-0.4, -0.2) is 22.2 Å². The number of halogens is 4. The van der Waals surface area contributed by atoms with Gasteiger partial charge in [-0.3, -0.25) is 9.51 Å². The van der Waals surface area contributed by atoms with Crippen LogP contribution in [0.5, 0.6) is 0 Å². The Labute approximate surface area is 201 Å². The van der Waals surface area contributed by atoms with Crippen LogP contribution < -0.4 is 5.76 Å². The number of hydrogen-bond acceptors (Lipinski definition) is 6. The van der Waals surface area contributed by atoms with Crippen molar-refractivity contribution < 1.29 is 26.8 Å². The molecule has 35 heavy (non-hydrogen) atoms. The molecule has 0 bridgehead atoms. The lowest BCUT2D eigenvalue weighted by molar-refractivity contribution is -0.137. The maximum Gasteiger partial charge on any atom is 0.439 e. The van der Waals surface area contributed by atoms with Gasteiger partial charge >= 0.3 is 11.9 Å². The summed E-state index contributed by atoms with van der Waals surface area (Å²) in [5.74, 6) is -1.45. The van der Waals surface area contributed by atoms with Crippen LogP contribution in [0.3, 0.4) is 0 Å². The molecule has 0 amide bonds. The fourth-order valence-electron chi connectivity index (χ4n) is 3.64. The van der Waals surface area contributed by atoms with Gasteiger partial charge in [0.15, 0.2) is 5.82 Å². The average Bonchev–Trinajstić information content (AvgIpc) is 3.44. The summed E-state index contributed by atoms with van der Waals surface area (Å²) in [6, 6.07) is 9.25. The number of unbranched alkanes of at least 4 members (excludes halogenated alkanes) is 1. The zero-order valence-corrected chi connectivity index (χ0v) is 19.6. The third kappa shape index (κ3) is 5.35. The quantitative estimate of drug-likeness (QED) is 0.280. The summed E-state index contributed by atoms with van der Waals surface area (Å²) in [5, 5.41) is 4.07. The highest BCUT2D eigenvalue weighted by Crippen LogP contribution is 2.39. The Morgan fingerprint density at radius 1 is 1.17 bits per heavy atom. The number of aromatic amines is 1. The number of alkyl halides is 3. The number of aryl methyl sites for hydroxylation is 1. The molecule has 1 unspecified atom stereocenters. The second-order valence-corrected chi connectivity index (χ2v) is 8.84. The van der Waals surface area contributed by atoms with Crippen molar-refractivity contribution in [1.82, 2.24) is 15.1 Å². The highest BCUT2D eigenvalue weighted by molar-refractivity contribution is 7.15. The maximum atomic E-state index is 14.9. The van der Waals surface area contributed by atoms with Crippen LogP contribution in [0.1, 0.15) is 47.6 Å². The molecular formula is C24H21F4N3O3S. The third-order valence-corrected chi connectivity index (χ3v) is 6.61. The van der Waals surface area contributed by atoms with Gasteiger partial charge in [-0.05, 0) is 42.7 Å². The van der Waals surface area contributed by atoms with Crippen LogP contribution in [0.4, 0.5) is 17.6 Å². The molecule has 0 spiro atoms. The van der Waals surface area contributed by atoms with E-state index >= 15 is 0 Å². The summed E-state index contributed by atoms with van der Waals surface area (Å²) in [6.07, 6.45) is -2.66. The molecule has 1 atom stereocenters. The van der Waals surface area contributed by atoms with Crippen LogP contribution in [0.25, 0.3) is 22.0 Å². The van der Waals surface area contributed by atoms with Crippen molar-refractivity contribution in [3.63, 3.8) is 0 Å². The van der Waals surface area contributed by atoms with E-state index in [-0.39, 0.29) is 11.4 Å². The molecular weight excluding hydrogens is 486 g/mol. The molecule has 4 aromatic rings. The predicted octanol–water partition coefficient (Wildman–Crippen LogP) is 6.39. The van der Waals surface area contributed by atoms with E-state index in [0.29, 0.717) is 22.6 Å². The van der Waals surface area contributed by atoms with Crippen molar-refractivity contribution in [2.45, 2.75) is 38.5 Å². The summed E-state index contributed by atoms with van der Waals surface area (Å²) in [5.41, 5.74) is 1.15. The molecule has 184 valence electrons. The molecule has 4 rings (SSSR count). The fourth-order valence-corrected chi connectivity index (χ4v) is 4.87. The van der Waals surface area contributed by atoms with Crippen molar-refractivity contribution >= 4 is 11.3 Å². The van der Waals surface area contributed by atoms with Crippen molar-refractivity contribution in [2.24, 2.45) is 0 Å². The molecule has 0 radical (unpaired) electrons. The van der Waals surface area contributed by atoms with E-state index in [9.17, 15) is 22.4 Å². The van der Waals surface area contributed by atoms with E-state index in [0.717, 1.165) is 35.5 Å². The van der Waals surface area contributed by atoms with Gasteiger partial charge in [-0.25, -0.2) is 14.2 Å². The first-order chi connectivity index (χ1) is 16.7. The number of rotatable bonds is 8. The van der Waals surface area contributed by atoms with Crippen LogP contribution in [0.2, 0.25) is 0 Å². The minimum absolute atomic E-state index is 0.0287. The summed E-state index contributed by atoms with van der Waals surface area (Å²) in [7, 11) is 1.49. The zero-order chi connectivity index (χ0) is 25.2. The Kier molecular flexibility index (Phi) is 7.18. The number of aromatic nitrogens is 3. The fraction of sp³-hybridized carbons (Fsp3) is 0.292. The summed E-state index contributed by atoms with van der Waals surface area (Å²) < 4.78 is 63.9. The van der Waals surface area contributed by atoms with Crippen molar-refractivity contribution in [3.05, 3.63) is 80.5 Å². The average molecular weight is 508 g/mol. The lowest BCUT2D eigenvalue weighted by Crippen LogP contribution is -2.06. The number of benzene rings is 2. The SMILES string of the molecule is CCCCc1nc(-c2ccc(C(F)(F)F)cc2)sc1C(OC)c1ccc(-c2noc(=O)[nH]2)c(F)c1. The number of H-pyrrole nitrogens is 1. The Morgan fingerprint density at radius 3 is 2.49 bits per heavy atom. The maximum absolute atomic E-state index is 14.9. The molecule has 0 saturated heterocycles. The van der Waals surface area contributed by atoms with E-state index < -0.39 is 29.4 Å². The van der Waals surface area contributed by atoms with Crippen molar-refractivity contribution in [1.29, 1.82) is 0 Å². The lowest BCUT2D eigenvalue weighted by atomic mass is 10.0. The van der Waals surface area contributed by atoms with Crippen LogP contribution in [0.15, 0.2) is 51.8 Å². The Balaban J connectivity index is 1.71. The van der Waals surface area contributed by atoms with Crippen molar-refractivity contribution in [2.75, 3.05) is 7.11 Å². The Bertz CT molecular complexity index is 1360. The number of ether oxygens (including phenoxy) is 1. The monoisotopic (exact) mass is 507 g/mol. The van der Waals surface area contributed by atoms with Gasteiger partial charge in [-0.1, -0.05) is 36.7 Å². The van der Waals surface area contributed by atoms with Gasteiger partial charge in [0, 0.05) is 12.7 Å². The summed E-state index contributed by atoms with van der Waals surface area (Å²) in [4.78, 5) is 19.0. The van der Waals surface area contributed by atoms with Crippen LogP contribution in [-0.2, 0) is 17.3 Å². The summed E-state index contributed by atoms with van der Waals surface area (Å²) in [6.45, 7) is 2.04. The first-order valence-corrected chi connectivity index (χ1v) is 11.6. The predicted molar refractivity (Wildman–Crippen MR) is 123 cm³/mol. The molecule has 2 heterocycles. The Hall–Kier alpha value is -3.31. The molecule has 0 fully saturated rings. The smallest absolute Gasteiger partial charge is 0.371 e. The zero-order valence-electron chi connectivity index (χ0n) is 18.8. The molecule has 11 heteroatoms. The highest BCUT2D eigenvalue weighted by Gasteiger charge is 2.30. The molecule has 0 aliphatic carbocycles. The topological polar surface area (TPSA) is 81.0 Å². The molecule has 6 nitrogen and oxygen atoms in total. The first kappa shape index (κ1) is 24.8. The Morgan fingerprint density at radius 2 is 1.91 bits per heavy atom. The largest absolute Gasteiger partial charge is 0.439 e. The molecule has 0 aliphatic rings. The van der Waals surface area contributed by atoms with E-state index in [4.69, 9.17) is 9.72 Å². The standard InChI is InChI=1S/C24H21F4N3O3S/c1-3-4-5-18-20(35-22(29-18)13-6-9-15(10-7-13)24(26,27)28)19(33-2)14-8-11-16(17(25)12-14)21-30-23(32)34-31-21/h6-12,19H,3-5H2,1-2H3,(H,30,31,32). The van der Waals surface area contributed by atoms with Gasteiger partial charge in [0.2, 0.25) is 0 Å². The van der Waals surface area contributed by atoms with Gasteiger partial charge in [0.05, 0.1) is 21.7 Å². The van der Waals surface area contributed by atoms with Crippen LogP contribution >= 0.6 is 11.3 Å². The van der Waals surface area contributed by atoms with E-state index in [1.165, 1.54) is 42.7 Å². The minimum atomic E-state index is -4.42. The number of nitrogens with one attached hydrogen (secondary N) is 1. The van der Waals surface area contributed by atoms with E-state index in [2.05, 4.69) is 14.7 Å². The number of hydrogen-bond donors (Lipinski definition) is 1. The van der Waals surface area contributed by atoms with Gasteiger partial charge in [0.1, 0.15) is 16.9 Å². The molecule has 0 saturated carbocycles. The second-order valence-electron chi connectivity index (χ2n) is 7.81. The lowest BCUT2D eigenvalue weighted by Gasteiger charge is -2.16. The number of thiazole rings is 1. The molecule has 2 aromatic heterocycles. The molecule has 2 aromatic carbocycles. The van der Waals surface area contributed by atoms with Gasteiger partial charge in [0.25, 0.3) is 0 Å². The van der Waals surface area contributed by atoms with Gasteiger partial charge in [-0.15, -0.1) is 11.3 Å². The first-order valence-electron chi connectivity index (χ1n) is 10.8. The van der Waals surface area contributed by atoms with E-state index in [1.807, 2.05) is 6.92 Å². The highest BCUT2D eigenvalue weighted by atomic mass is 32.1. The normalized spacial score (nSPS) is 12.7. The van der Waals surface area contributed by atoms with Gasteiger partial charge in [-0.2, -0.15) is 13.2 Å². The molecule has 1 N–H and O–H groups in total. The van der Waals surface area contributed by atoms with E-state index in [1.54, 1.807) is 6.07 Å². The van der Waals surface area contributed by atoms with Crippen LogP contribution in [0, 0.1) is 5.82 Å². The van der Waals surface area contributed by atoms with Crippen molar-refractivity contribution in [3.8, 4) is 22.0 Å². The number of nitrogens with zero attached hydrogens (tertiary/aromatic N) is 2. The minimum Gasteiger partial charge on any atom is -0.371 e. The molecule has 0 aliphatic heterocycles.